The van der Waals surface area contributed by atoms with E-state index in [1.807, 2.05) is 44.4 Å². The van der Waals surface area contributed by atoms with Gasteiger partial charge in [0.05, 0.1) is 70.2 Å². The van der Waals surface area contributed by atoms with E-state index in [-0.39, 0.29) is 48.9 Å². The number of hydrogen-bond acceptors (Lipinski definition) is 17. The molecule has 2 bridgehead atoms. The zero-order valence-corrected chi connectivity index (χ0v) is 43.5. The van der Waals surface area contributed by atoms with Crippen molar-refractivity contribution < 1.29 is 51.6 Å². The van der Waals surface area contributed by atoms with Crippen molar-refractivity contribution in [3.63, 3.8) is 0 Å². The number of amides is 2. The first-order valence-electron chi connectivity index (χ1n) is 24.6. The third kappa shape index (κ3) is 12.8. The first-order valence-corrected chi connectivity index (χ1v) is 24.6. The molecule has 6 aromatic rings. The van der Waals surface area contributed by atoms with Gasteiger partial charge in [0.25, 0.3) is 5.91 Å². The predicted octanol–water partition coefficient (Wildman–Crippen LogP) is 7.14. The van der Waals surface area contributed by atoms with Crippen molar-refractivity contribution >= 4 is 40.9 Å². The molecule has 0 unspecified atom stereocenters. The molecule has 2 atom stereocenters. The van der Waals surface area contributed by atoms with Crippen LogP contribution in [0.3, 0.4) is 0 Å². The van der Waals surface area contributed by atoms with E-state index in [0.717, 1.165) is 12.4 Å². The van der Waals surface area contributed by atoms with Crippen LogP contribution in [-0.4, -0.2) is 120 Å². The van der Waals surface area contributed by atoms with E-state index >= 15 is 0 Å². The van der Waals surface area contributed by atoms with Gasteiger partial charge in [-0.25, -0.2) is 47.3 Å². The number of alkyl carbamates (subject to hydrolysis) is 1. The quantitative estimate of drug-likeness (QED) is 0.137. The van der Waals surface area contributed by atoms with Gasteiger partial charge in [0.1, 0.15) is 28.4 Å². The second kappa shape index (κ2) is 21.5. The lowest BCUT2D eigenvalue weighted by atomic mass is 10.0. The molecular weight excluding hydrogens is 963 g/mol. The SMILES string of the molecule is CCOC(=O)c1cnn2cc3c(nc12)N(Cc1cc(F)cnc1OCCC(C)(C)NC(=O)OC(C)(C)C)C[C@H](C)CO3.C[C@@H]1COc2cn3ncc4c3nc2N(Cc2cc(F)cnc2OCCC(C)(C)NC4=O)C1. The van der Waals surface area contributed by atoms with Crippen molar-refractivity contribution in [1.82, 2.24) is 49.8 Å². The minimum Gasteiger partial charge on any atom is -0.488 e. The van der Waals surface area contributed by atoms with Gasteiger partial charge in [-0.1, -0.05) is 13.8 Å². The molecule has 9 rings (SSSR count). The number of aromatic nitrogens is 8. The second-order valence-corrected chi connectivity index (χ2v) is 21.1. The molecule has 23 heteroatoms. The molecule has 2 N–H and O–H groups in total. The van der Waals surface area contributed by atoms with Crippen molar-refractivity contribution in [1.29, 1.82) is 0 Å². The first-order chi connectivity index (χ1) is 35.0. The number of carbonyl (C=O) groups excluding carboxylic acids is 3. The highest BCUT2D eigenvalue weighted by molar-refractivity contribution is 6.00. The summed E-state index contributed by atoms with van der Waals surface area (Å²) in [5.41, 5.74) is 0.711. The maximum atomic E-state index is 14.4. The molecular formula is C51H64F2N12O9. The Hall–Kier alpha value is -7.59. The summed E-state index contributed by atoms with van der Waals surface area (Å²) in [7, 11) is 0. The molecule has 74 heavy (non-hydrogen) atoms. The Morgan fingerprint density at radius 1 is 0.878 bits per heavy atom. The Labute approximate surface area is 427 Å². The van der Waals surface area contributed by atoms with Crippen LogP contribution in [0.1, 0.15) is 114 Å². The van der Waals surface area contributed by atoms with E-state index in [1.54, 1.807) is 44.6 Å². The highest BCUT2D eigenvalue weighted by Crippen LogP contribution is 2.36. The van der Waals surface area contributed by atoms with E-state index in [1.165, 1.54) is 29.0 Å². The van der Waals surface area contributed by atoms with Crippen molar-refractivity contribution in [2.24, 2.45) is 11.8 Å². The predicted molar refractivity (Wildman–Crippen MR) is 267 cm³/mol. The van der Waals surface area contributed by atoms with E-state index < -0.39 is 40.4 Å². The number of fused-ring (bicyclic) bond motifs is 3. The number of halogens is 2. The Morgan fingerprint density at radius 3 is 2.27 bits per heavy atom. The lowest BCUT2D eigenvalue weighted by molar-refractivity contribution is 0.0458. The Bertz CT molecular complexity index is 3030. The maximum absolute atomic E-state index is 14.4. The van der Waals surface area contributed by atoms with E-state index in [0.29, 0.717) is 109 Å². The highest BCUT2D eigenvalue weighted by atomic mass is 19.1. The number of hydrogen-bond donors (Lipinski definition) is 2. The van der Waals surface area contributed by atoms with E-state index in [9.17, 15) is 23.2 Å². The molecule has 0 aliphatic carbocycles. The van der Waals surface area contributed by atoms with Gasteiger partial charge < -0.3 is 48.9 Å². The van der Waals surface area contributed by atoms with Gasteiger partial charge in [-0.15, -0.1) is 0 Å². The Morgan fingerprint density at radius 2 is 1.54 bits per heavy atom. The Kier molecular flexibility index (Phi) is 15.3. The lowest BCUT2D eigenvalue weighted by Gasteiger charge is -2.29. The summed E-state index contributed by atoms with van der Waals surface area (Å²) in [4.78, 5) is 59.7. The molecule has 21 nitrogen and oxygen atoms in total. The summed E-state index contributed by atoms with van der Waals surface area (Å²) in [5.74, 6) is 1.31. The van der Waals surface area contributed by atoms with Gasteiger partial charge in [0, 0.05) is 73.1 Å². The second-order valence-electron chi connectivity index (χ2n) is 21.1. The number of carbonyl (C=O) groups is 3. The number of nitrogens with zero attached hydrogens (tertiary/aromatic N) is 10. The van der Waals surface area contributed by atoms with Crippen LogP contribution in [0, 0.1) is 23.5 Å². The van der Waals surface area contributed by atoms with Crippen LogP contribution in [0.5, 0.6) is 23.3 Å². The monoisotopic (exact) mass is 1030 g/mol. The summed E-state index contributed by atoms with van der Waals surface area (Å²) in [6.07, 6.45) is 9.04. The summed E-state index contributed by atoms with van der Waals surface area (Å²) >= 11 is 0. The topological polar surface area (TPSA) is 223 Å². The number of nitrogens with one attached hydrogen (secondary N) is 2. The van der Waals surface area contributed by atoms with Gasteiger partial charge in [0.15, 0.2) is 34.4 Å². The molecule has 396 valence electrons. The zero-order valence-electron chi connectivity index (χ0n) is 43.5. The van der Waals surface area contributed by atoms with Crippen molar-refractivity contribution in [2.75, 3.05) is 55.9 Å². The normalized spacial score (nSPS) is 17.6. The first kappa shape index (κ1) is 52.7. The lowest BCUT2D eigenvalue weighted by Crippen LogP contribution is -2.46. The number of rotatable bonds is 9. The minimum absolute atomic E-state index is 0.113. The van der Waals surface area contributed by atoms with Crippen LogP contribution in [0.25, 0.3) is 11.3 Å². The van der Waals surface area contributed by atoms with Crippen molar-refractivity contribution in [2.45, 2.75) is 112 Å². The standard InChI is InChI=1S/C29H39FN6O6.C22H25FN6O3/c1-8-39-26(37)21-13-32-36-16-22-24(33-23(21)36)35(14-18(2)17-41-22)15-19-11-20(30)12-31-25(19)40-10-9-29(6,7)34-27(38)42-28(3,4)5;1-13-9-28-10-14-6-15(23)7-24-21(14)31-5-4-22(2,3)27-20(30)16-8-25-29-11-17(32-12-13)19(28)26-18(16)29/h11-13,16,18H,8-10,14-15,17H2,1-7H3,(H,34,38);6-8,11,13H,4-5,9-10,12H2,1-3H3,(H,27,30)/t18-;13-/m00/s1. The molecule has 0 radical (unpaired) electrons. The molecule has 3 aliphatic heterocycles. The van der Waals surface area contributed by atoms with E-state index in [4.69, 9.17) is 38.4 Å². The fourth-order valence-corrected chi connectivity index (χ4v) is 8.44. The molecule has 6 aromatic heterocycles. The van der Waals surface area contributed by atoms with Crippen LogP contribution in [-0.2, 0) is 22.6 Å². The van der Waals surface area contributed by atoms with Gasteiger partial charge in [-0.05, 0) is 67.5 Å². The summed E-state index contributed by atoms with van der Waals surface area (Å²) in [6.45, 7) is 22.2. The largest absolute Gasteiger partial charge is 0.488 e. The number of esters is 1. The summed E-state index contributed by atoms with van der Waals surface area (Å²) in [5, 5.41) is 14.4. The van der Waals surface area contributed by atoms with E-state index in [2.05, 4.69) is 37.7 Å². The smallest absolute Gasteiger partial charge is 0.408 e. The zero-order chi connectivity index (χ0) is 53.1. The molecule has 2 amide bonds. The Balaban J connectivity index is 0.000000204. The third-order valence-electron chi connectivity index (χ3n) is 12.1. The van der Waals surface area contributed by atoms with Crippen LogP contribution >= 0.6 is 0 Å². The van der Waals surface area contributed by atoms with Crippen molar-refractivity contribution in [3.8, 4) is 23.3 Å². The fourth-order valence-electron chi connectivity index (χ4n) is 8.44. The fraction of sp³-hybridized carbons (Fsp3) is 0.510. The van der Waals surface area contributed by atoms with Crippen molar-refractivity contribution in [3.05, 3.63) is 83.2 Å². The molecule has 0 spiro atoms. The molecule has 0 fully saturated rings. The highest BCUT2D eigenvalue weighted by Gasteiger charge is 2.31. The number of pyridine rings is 2. The number of anilines is 2. The summed E-state index contributed by atoms with van der Waals surface area (Å²) < 4.78 is 66.0. The van der Waals surface area contributed by atoms with Gasteiger partial charge >= 0.3 is 12.1 Å². The van der Waals surface area contributed by atoms with Gasteiger partial charge in [-0.2, -0.15) is 10.2 Å². The third-order valence-corrected chi connectivity index (χ3v) is 12.1. The minimum atomic E-state index is -0.629. The number of ether oxygens (including phenoxy) is 6. The molecule has 0 saturated heterocycles. The summed E-state index contributed by atoms with van der Waals surface area (Å²) in [6, 6.07) is 2.82. The van der Waals surface area contributed by atoms with Gasteiger partial charge in [0.2, 0.25) is 11.8 Å². The van der Waals surface area contributed by atoms with Crippen LogP contribution in [0.15, 0.2) is 49.3 Å². The average Bonchev–Trinajstić information content (AvgIpc) is 3.85. The van der Waals surface area contributed by atoms with Crippen LogP contribution in [0.4, 0.5) is 25.2 Å². The van der Waals surface area contributed by atoms with Crippen LogP contribution in [0.2, 0.25) is 0 Å². The van der Waals surface area contributed by atoms with Gasteiger partial charge in [-0.3, -0.25) is 4.79 Å². The molecule has 9 heterocycles. The molecule has 0 saturated carbocycles. The maximum Gasteiger partial charge on any atom is 0.408 e. The molecule has 0 aromatic carbocycles. The van der Waals surface area contributed by atoms with Crippen LogP contribution < -0.4 is 39.4 Å². The molecule has 3 aliphatic rings. The average molecular weight is 1030 g/mol.